The number of carbonyl (C=O) groups is 2. The van der Waals surface area contributed by atoms with Gasteiger partial charge in [0.1, 0.15) is 0 Å². The number of hydrogen-bond donors (Lipinski definition) is 2. The van der Waals surface area contributed by atoms with Crippen molar-refractivity contribution in [2.75, 3.05) is 25.0 Å². The Balaban J connectivity index is 1.45. The number of nitrogens with zero attached hydrogens (tertiary/aromatic N) is 1. The first-order chi connectivity index (χ1) is 13.0. The van der Waals surface area contributed by atoms with Crippen LogP contribution < -0.4 is 15.5 Å². The smallest absolute Gasteiger partial charge is 0.309 e. The van der Waals surface area contributed by atoms with Crippen LogP contribution in [0, 0.1) is 0 Å². The number of fused-ring (bicyclic) bond motifs is 1. The van der Waals surface area contributed by atoms with Crippen molar-refractivity contribution < 1.29 is 9.59 Å². The van der Waals surface area contributed by atoms with Gasteiger partial charge in [-0.05, 0) is 48.1 Å². The molecular weight excluding hydrogens is 362 g/mol. The van der Waals surface area contributed by atoms with Gasteiger partial charge >= 0.3 is 11.8 Å². The maximum Gasteiger partial charge on any atom is 0.309 e. The third-order valence-corrected chi connectivity index (χ3v) is 5.17. The van der Waals surface area contributed by atoms with Crippen LogP contribution in [0.4, 0.5) is 5.69 Å². The molecule has 0 spiro atoms. The molecule has 0 fully saturated rings. The van der Waals surface area contributed by atoms with Crippen molar-refractivity contribution in [2.24, 2.45) is 0 Å². The SMILES string of the molecule is CN1CCCc2cc(CCNC(=O)C(=O)NCc3ccccc3Cl)ccc21. The van der Waals surface area contributed by atoms with Gasteiger partial charge in [-0.15, -0.1) is 0 Å². The summed E-state index contributed by atoms with van der Waals surface area (Å²) in [6, 6.07) is 13.7. The van der Waals surface area contributed by atoms with Crippen LogP contribution in [0.1, 0.15) is 23.1 Å². The van der Waals surface area contributed by atoms with Gasteiger partial charge in [0.2, 0.25) is 0 Å². The minimum atomic E-state index is -0.651. The number of aryl methyl sites for hydroxylation is 1. The molecular formula is C21H24ClN3O2. The van der Waals surface area contributed by atoms with Crippen LogP contribution in [0.5, 0.6) is 0 Å². The molecule has 27 heavy (non-hydrogen) atoms. The summed E-state index contributed by atoms with van der Waals surface area (Å²) in [5.41, 5.74) is 4.58. The van der Waals surface area contributed by atoms with E-state index in [-0.39, 0.29) is 6.54 Å². The molecule has 0 radical (unpaired) electrons. The Bertz CT molecular complexity index is 838. The molecule has 6 heteroatoms. The van der Waals surface area contributed by atoms with E-state index in [0.717, 1.165) is 24.9 Å². The molecule has 0 bridgehead atoms. The molecule has 1 aliphatic heterocycles. The number of anilines is 1. The Kier molecular flexibility index (Phi) is 6.35. The first-order valence-corrected chi connectivity index (χ1v) is 9.55. The predicted molar refractivity (Wildman–Crippen MR) is 108 cm³/mol. The van der Waals surface area contributed by atoms with Gasteiger partial charge in [-0.3, -0.25) is 9.59 Å². The van der Waals surface area contributed by atoms with Gasteiger partial charge in [-0.2, -0.15) is 0 Å². The summed E-state index contributed by atoms with van der Waals surface area (Å²) in [6.07, 6.45) is 2.94. The molecule has 1 heterocycles. The summed E-state index contributed by atoms with van der Waals surface area (Å²) < 4.78 is 0. The lowest BCUT2D eigenvalue weighted by Crippen LogP contribution is -2.40. The summed E-state index contributed by atoms with van der Waals surface area (Å²) in [4.78, 5) is 26.1. The monoisotopic (exact) mass is 385 g/mol. The lowest BCUT2D eigenvalue weighted by Gasteiger charge is -2.27. The maximum atomic E-state index is 12.0. The molecule has 1 aliphatic rings. The van der Waals surface area contributed by atoms with Gasteiger partial charge in [-0.25, -0.2) is 0 Å². The van der Waals surface area contributed by atoms with Crippen LogP contribution in [0.15, 0.2) is 42.5 Å². The molecule has 2 aromatic carbocycles. The van der Waals surface area contributed by atoms with Crippen LogP contribution in [0.3, 0.4) is 0 Å². The van der Waals surface area contributed by atoms with E-state index in [0.29, 0.717) is 18.0 Å². The normalized spacial score (nSPS) is 13.0. The first-order valence-electron chi connectivity index (χ1n) is 9.17. The standard InChI is InChI=1S/C21H24ClN3O2/c1-25-12-4-6-16-13-15(8-9-19(16)25)10-11-23-20(26)21(27)24-14-17-5-2-3-7-18(17)22/h2-3,5,7-9,13H,4,6,10-12,14H2,1H3,(H,23,26)(H,24,27). The molecule has 0 aromatic heterocycles. The van der Waals surface area contributed by atoms with E-state index in [4.69, 9.17) is 11.6 Å². The molecule has 2 aromatic rings. The van der Waals surface area contributed by atoms with Crippen LogP contribution in [0.2, 0.25) is 5.02 Å². The van der Waals surface area contributed by atoms with Crippen LogP contribution >= 0.6 is 11.6 Å². The molecule has 2 amide bonds. The van der Waals surface area contributed by atoms with E-state index in [2.05, 4.69) is 40.8 Å². The second-order valence-electron chi connectivity index (χ2n) is 6.77. The Morgan fingerprint density at radius 3 is 2.70 bits per heavy atom. The highest BCUT2D eigenvalue weighted by atomic mass is 35.5. The van der Waals surface area contributed by atoms with Crippen molar-refractivity contribution in [3.8, 4) is 0 Å². The van der Waals surface area contributed by atoms with Crippen LogP contribution in [-0.2, 0) is 29.0 Å². The van der Waals surface area contributed by atoms with E-state index in [1.807, 2.05) is 18.2 Å². The van der Waals surface area contributed by atoms with E-state index >= 15 is 0 Å². The second-order valence-corrected chi connectivity index (χ2v) is 7.18. The fourth-order valence-electron chi connectivity index (χ4n) is 3.29. The minimum absolute atomic E-state index is 0.226. The molecule has 0 saturated heterocycles. The van der Waals surface area contributed by atoms with E-state index in [1.54, 1.807) is 6.07 Å². The second kappa shape index (κ2) is 8.91. The Morgan fingerprint density at radius 2 is 1.89 bits per heavy atom. The maximum absolute atomic E-state index is 12.0. The van der Waals surface area contributed by atoms with Gasteiger partial charge in [0, 0.05) is 37.4 Å². The molecule has 0 unspecified atom stereocenters. The van der Waals surface area contributed by atoms with Gasteiger partial charge in [-0.1, -0.05) is 41.9 Å². The Labute approximate surface area is 164 Å². The highest BCUT2D eigenvalue weighted by Crippen LogP contribution is 2.26. The summed E-state index contributed by atoms with van der Waals surface area (Å²) in [5.74, 6) is -1.28. The van der Waals surface area contributed by atoms with Crippen molar-refractivity contribution in [1.82, 2.24) is 10.6 Å². The summed E-state index contributed by atoms with van der Waals surface area (Å²) in [7, 11) is 2.11. The number of carbonyl (C=O) groups excluding carboxylic acids is 2. The highest BCUT2D eigenvalue weighted by Gasteiger charge is 2.15. The zero-order chi connectivity index (χ0) is 19.2. The molecule has 0 aliphatic carbocycles. The summed E-state index contributed by atoms with van der Waals surface area (Å²) >= 11 is 6.04. The largest absolute Gasteiger partial charge is 0.374 e. The average Bonchev–Trinajstić information content (AvgIpc) is 2.67. The van der Waals surface area contributed by atoms with E-state index < -0.39 is 11.8 Å². The van der Waals surface area contributed by atoms with Crippen molar-refractivity contribution in [3.63, 3.8) is 0 Å². The fourth-order valence-corrected chi connectivity index (χ4v) is 3.49. The summed E-state index contributed by atoms with van der Waals surface area (Å²) in [6.45, 7) is 1.74. The topological polar surface area (TPSA) is 61.4 Å². The Morgan fingerprint density at radius 1 is 1.11 bits per heavy atom. The zero-order valence-corrected chi connectivity index (χ0v) is 16.2. The van der Waals surface area contributed by atoms with Crippen molar-refractivity contribution in [3.05, 3.63) is 64.2 Å². The summed E-state index contributed by atoms with van der Waals surface area (Å²) in [5, 5.41) is 5.84. The number of benzene rings is 2. The average molecular weight is 386 g/mol. The van der Waals surface area contributed by atoms with Gasteiger partial charge in [0.05, 0.1) is 0 Å². The van der Waals surface area contributed by atoms with Crippen LogP contribution in [0.25, 0.3) is 0 Å². The molecule has 142 valence electrons. The van der Waals surface area contributed by atoms with Gasteiger partial charge < -0.3 is 15.5 Å². The van der Waals surface area contributed by atoms with E-state index in [1.165, 1.54) is 16.8 Å². The number of rotatable bonds is 5. The van der Waals surface area contributed by atoms with Crippen molar-refractivity contribution in [2.45, 2.75) is 25.8 Å². The number of nitrogens with one attached hydrogen (secondary N) is 2. The van der Waals surface area contributed by atoms with Crippen molar-refractivity contribution >= 4 is 29.1 Å². The quantitative estimate of drug-likeness (QED) is 0.778. The Hall–Kier alpha value is -2.53. The highest BCUT2D eigenvalue weighted by molar-refractivity contribution is 6.35. The van der Waals surface area contributed by atoms with Gasteiger partial charge in [0.15, 0.2) is 0 Å². The van der Waals surface area contributed by atoms with E-state index in [9.17, 15) is 9.59 Å². The number of hydrogen-bond acceptors (Lipinski definition) is 3. The lowest BCUT2D eigenvalue weighted by atomic mass is 9.98. The predicted octanol–water partition coefficient (Wildman–Crippen LogP) is 2.70. The molecule has 0 atom stereocenters. The third-order valence-electron chi connectivity index (χ3n) is 4.80. The molecule has 0 saturated carbocycles. The molecule has 2 N–H and O–H groups in total. The first kappa shape index (κ1) is 19.2. The minimum Gasteiger partial charge on any atom is -0.374 e. The van der Waals surface area contributed by atoms with Crippen LogP contribution in [-0.4, -0.2) is 32.0 Å². The zero-order valence-electron chi connectivity index (χ0n) is 15.4. The third kappa shape index (κ3) is 5.01. The lowest BCUT2D eigenvalue weighted by molar-refractivity contribution is -0.139. The van der Waals surface area contributed by atoms with Gasteiger partial charge in [0.25, 0.3) is 0 Å². The molecule has 5 nitrogen and oxygen atoms in total. The van der Waals surface area contributed by atoms with Crippen molar-refractivity contribution in [1.29, 1.82) is 0 Å². The number of halogens is 1. The molecule has 3 rings (SSSR count). The number of amides is 2. The fraction of sp³-hybridized carbons (Fsp3) is 0.333.